The van der Waals surface area contributed by atoms with Crippen LogP contribution in [-0.2, 0) is 0 Å². The van der Waals surface area contributed by atoms with Crippen molar-refractivity contribution < 1.29 is 5.11 Å². The van der Waals surface area contributed by atoms with Crippen molar-refractivity contribution in [2.75, 3.05) is 0 Å². The molecule has 1 aromatic heterocycles. The molecule has 2 rings (SSSR count). The molecule has 0 spiro atoms. The molecule has 0 radical (unpaired) electrons. The van der Waals surface area contributed by atoms with Gasteiger partial charge in [-0.05, 0) is 48.7 Å². The highest BCUT2D eigenvalue weighted by molar-refractivity contribution is 6.31. The number of nitrogens with zero attached hydrogens (tertiary/aromatic N) is 1. The number of pyridine rings is 1. The quantitative estimate of drug-likeness (QED) is 0.882. The second kappa shape index (κ2) is 4.86. The third-order valence-corrected chi connectivity index (χ3v) is 3.14. The Morgan fingerprint density at radius 1 is 1.18 bits per heavy atom. The van der Waals surface area contributed by atoms with Gasteiger partial charge >= 0.3 is 0 Å². The molecule has 1 N–H and O–H groups in total. The van der Waals surface area contributed by atoms with E-state index in [2.05, 4.69) is 4.98 Å². The molecule has 88 valence electrons. The minimum atomic E-state index is -0.729. The predicted octanol–water partition coefficient (Wildman–Crippen LogP) is 3.43. The standard InChI is InChI=1S/C14H14ClNO/c1-9-5-6-16-13(7-9)14(17)11-4-3-10(2)12(15)8-11/h3-8,14,17H,1-2H3. The maximum atomic E-state index is 10.2. The van der Waals surface area contributed by atoms with Crippen LogP contribution in [0, 0.1) is 13.8 Å². The van der Waals surface area contributed by atoms with Gasteiger partial charge in [0, 0.05) is 11.2 Å². The summed E-state index contributed by atoms with van der Waals surface area (Å²) in [6.45, 7) is 3.91. The summed E-state index contributed by atoms with van der Waals surface area (Å²) in [7, 11) is 0. The van der Waals surface area contributed by atoms with E-state index in [1.54, 1.807) is 12.3 Å². The van der Waals surface area contributed by atoms with Crippen molar-refractivity contribution in [3.8, 4) is 0 Å². The van der Waals surface area contributed by atoms with Gasteiger partial charge in [-0.1, -0.05) is 23.7 Å². The Balaban J connectivity index is 2.36. The maximum absolute atomic E-state index is 10.2. The molecule has 2 nitrogen and oxygen atoms in total. The molecule has 0 amide bonds. The molecule has 0 saturated carbocycles. The SMILES string of the molecule is Cc1ccnc(C(O)c2ccc(C)c(Cl)c2)c1. The number of hydrogen-bond acceptors (Lipinski definition) is 2. The number of halogens is 1. The van der Waals surface area contributed by atoms with Gasteiger partial charge in [-0.25, -0.2) is 0 Å². The second-order valence-electron chi connectivity index (χ2n) is 4.17. The summed E-state index contributed by atoms with van der Waals surface area (Å²) in [5, 5.41) is 10.9. The van der Waals surface area contributed by atoms with E-state index in [0.29, 0.717) is 10.7 Å². The Kier molecular flexibility index (Phi) is 3.46. The predicted molar refractivity (Wildman–Crippen MR) is 69.2 cm³/mol. The van der Waals surface area contributed by atoms with Gasteiger partial charge in [0.2, 0.25) is 0 Å². The van der Waals surface area contributed by atoms with Gasteiger partial charge in [-0.2, -0.15) is 0 Å². The number of aliphatic hydroxyl groups excluding tert-OH is 1. The molecule has 0 aliphatic rings. The molecule has 0 aliphatic heterocycles. The van der Waals surface area contributed by atoms with E-state index in [9.17, 15) is 5.11 Å². The summed E-state index contributed by atoms with van der Waals surface area (Å²) in [4.78, 5) is 4.17. The number of aryl methyl sites for hydroxylation is 2. The zero-order valence-electron chi connectivity index (χ0n) is 9.81. The average molecular weight is 248 g/mol. The zero-order valence-corrected chi connectivity index (χ0v) is 10.6. The molecular formula is C14H14ClNO. The Bertz CT molecular complexity index is 539. The van der Waals surface area contributed by atoms with Crippen LogP contribution >= 0.6 is 11.6 Å². The number of aromatic nitrogens is 1. The Morgan fingerprint density at radius 2 is 1.94 bits per heavy atom. The minimum Gasteiger partial charge on any atom is -0.382 e. The first-order valence-electron chi connectivity index (χ1n) is 5.44. The van der Waals surface area contributed by atoms with E-state index >= 15 is 0 Å². The Hall–Kier alpha value is -1.38. The van der Waals surface area contributed by atoms with Gasteiger partial charge < -0.3 is 5.11 Å². The molecule has 1 heterocycles. The highest BCUT2D eigenvalue weighted by Gasteiger charge is 2.12. The Morgan fingerprint density at radius 3 is 2.59 bits per heavy atom. The lowest BCUT2D eigenvalue weighted by atomic mass is 10.0. The van der Waals surface area contributed by atoms with Gasteiger partial charge in [0.1, 0.15) is 6.10 Å². The van der Waals surface area contributed by atoms with E-state index in [0.717, 1.165) is 16.7 Å². The van der Waals surface area contributed by atoms with Crippen molar-refractivity contribution in [3.63, 3.8) is 0 Å². The lowest BCUT2D eigenvalue weighted by Gasteiger charge is -2.12. The highest BCUT2D eigenvalue weighted by Crippen LogP contribution is 2.25. The summed E-state index contributed by atoms with van der Waals surface area (Å²) in [6, 6.07) is 9.33. The molecule has 1 aromatic carbocycles. The Labute approximate surface area is 106 Å². The second-order valence-corrected chi connectivity index (χ2v) is 4.58. The van der Waals surface area contributed by atoms with E-state index in [1.807, 2.05) is 38.1 Å². The largest absolute Gasteiger partial charge is 0.382 e. The number of rotatable bonds is 2. The summed E-state index contributed by atoms with van der Waals surface area (Å²) >= 11 is 6.05. The summed E-state index contributed by atoms with van der Waals surface area (Å²) in [5.74, 6) is 0. The van der Waals surface area contributed by atoms with Crippen LogP contribution in [0.25, 0.3) is 0 Å². The van der Waals surface area contributed by atoms with Gasteiger partial charge in [0.15, 0.2) is 0 Å². The fraction of sp³-hybridized carbons (Fsp3) is 0.214. The molecule has 17 heavy (non-hydrogen) atoms. The van der Waals surface area contributed by atoms with Crippen molar-refractivity contribution in [3.05, 3.63) is 63.9 Å². The van der Waals surface area contributed by atoms with Gasteiger partial charge in [-0.15, -0.1) is 0 Å². The van der Waals surface area contributed by atoms with Crippen molar-refractivity contribution in [1.82, 2.24) is 4.98 Å². The first kappa shape index (κ1) is 12.1. The van der Waals surface area contributed by atoms with Gasteiger partial charge in [-0.3, -0.25) is 4.98 Å². The molecule has 1 atom stereocenters. The van der Waals surface area contributed by atoms with E-state index < -0.39 is 6.10 Å². The molecule has 0 fully saturated rings. The topological polar surface area (TPSA) is 33.1 Å². The molecule has 0 saturated heterocycles. The maximum Gasteiger partial charge on any atom is 0.121 e. The van der Waals surface area contributed by atoms with Gasteiger partial charge in [0.05, 0.1) is 5.69 Å². The number of benzene rings is 1. The van der Waals surface area contributed by atoms with Crippen molar-refractivity contribution in [1.29, 1.82) is 0 Å². The van der Waals surface area contributed by atoms with Crippen LogP contribution in [0.3, 0.4) is 0 Å². The monoisotopic (exact) mass is 247 g/mol. The normalized spacial score (nSPS) is 12.5. The van der Waals surface area contributed by atoms with Crippen molar-refractivity contribution in [2.45, 2.75) is 20.0 Å². The van der Waals surface area contributed by atoms with Gasteiger partial charge in [0.25, 0.3) is 0 Å². The first-order chi connectivity index (χ1) is 8.08. The van der Waals surface area contributed by atoms with Crippen LogP contribution in [0.2, 0.25) is 5.02 Å². The first-order valence-corrected chi connectivity index (χ1v) is 5.82. The third-order valence-electron chi connectivity index (χ3n) is 2.73. The highest BCUT2D eigenvalue weighted by atomic mass is 35.5. The van der Waals surface area contributed by atoms with E-state index in [1.165, 1.54) is 0 Å². The van der Waals surface area contributed by atoms with Crippen molar-refractivity contribution >= 4 is 11.6 Å². The fourth-order valence-electron chi connectivity index (χ4n) is 1.66. The summed E-state index contributed by atoms with van der Waals surface area (Å²) < 4.78 is 0. The van der Waals surface area contributed by atoms with Crippen LogP contribution in [0.15, 0.2) is 36.5 Å². The third kappa shape index (κ3) is 2.65. The molecule has 0 bridgehead atoms. The molecule has 2 aromatic rings. The van der Waals surface area contributed by atoms with Crippen LogP contribution in [0.4, 0.5) is 0 Å². The minimum absolute atomic E-state index is 0.643. The average Bonchev–Trinajstić information content (AvgIpc) is 2.32. The van der Waals surface area contributed by atoms with Crippen LogP contribution in [-0.4, -0.2) is 10.1 Å². The van der Waals surface area contributed by atoms with Crippen molar-refractivity contribution in [2.24, 2.45) is 0 Å². The molecule has 1 unspecified atom stereocenters. The molecule has 3 heteroatoms. The van der Waals surface area contributed by atoms with E-state index in [4.69, 9.17) is 11.6 Å². The summed E-state index contributed by atoms with van der Waals surface area (Å²) in [6.07, 6.45) is 0.969. The zero-order chi connectivity index (χ0) is 12.4. The number of aliphatic hydroxyl groups is 1. The molecular weight excluding hydrogens is 234 g/mol. The lowest BCUT2D eigenvalue weighted by Crippen LogP contribution is -2.02. The summed E-state index contributed by atoms with van der Waals surface area (Å²) in [5.41, 5.74) is 3.48. The molecule has 0 aliphatic carbocycles. The van der Waals surface area contributed by atoms with Crippen LogP contribution in [0.5, 0.6) is 0 Å². The lowest BCUT2D eigenvalue weighted by molar-refractivity contribution is 0.215. The van der Waals surface area contributed by atoms with Crippen LogP contribution < -0.4 is 0 Å². The van der Waals surface area contributed by atoms with E-state index in [-0.39, 0.29) is 0 Å². The van der Waals surface area contributed by atoms with Crippen LogP contribution in [0.1, 0.15) is 28.5 Å². The fourth-order valence-corrected chi connectivity index (χ4v) is 1.85. The number of hydrogen-bond donors (Lipinski definition) is 1. The smallest absolute Gasteiger partial charge is 0.121 e.